The van der Waals surface area contributed by atoms with E-state index in [1.807, 2.05) is 0 Å². The van der Waals surface area contributed by atoms with E-state index in [1.165, 1.54) is 4.90 Å². The Morgan fingerprint density at radius 2 is 1.87 bits per heavy atom. The average molecular weight is 453 g/mol. The second kappa shape index (κ2) is 9.90. The van der Waals surface area contributed by atoms with Gasteiger partial charge in [-0.2, -0.15) is 13.2 Å². The van der Waals surface area contributed by atoms with Crippen LogP contribution < -0.4 is 15.5 Å². The molecule has 2 amide bonds. The molecular weight excluding hydrogens is 433 g/mol. The van der Waals surface area contributed by atoms with Crippen molar-refractivity contribution in [3.05, 3.63) is 29.8 Å². The summed E-state index contributed by atoms with van der Waals surface area (Å²) in [6, 6.07) is 6.99. The fourth-order valence-electron chi connectivity index (χ4n) is 2.89. The number of benzene rings is 1. The summed E-state index contributed by atoms with van der Waals surface area (Å²) in [4.78, 5) is 33.9. The van der Waals surface area contributed by atoms with Gasteiger partial charge in [0.25, 0.3) is 5.92 Å². The summed E-state index contributed by atoms with van der Waals surface area (Å²) in [6.45, 7) is 0.977. The second-order valence-corrected chi connectivity index (χ2v) is 6.73. The van der Waals surface area contributed by atoms with Crippen molar-refractivity contribution >= 4 is 23.7 Å². The van der Waals surface area contributed by atoms with Gasteiger partial charge >= 0.3 is 18.2 Å². The Labute approximate surface area is 173 Å². The van der Waals surface area contributed by atoms with Gasteiger partial charge in [0, 0.05) is 12.2 Å². The Bertz CT molecular complexity index is 801. The number of piperidine rings is 1. The van der Waals surface area contributed by atoms with E-state index in [1.54, 1.807) is 24.3 Å². The summed E-state index contributed by atoms with van der Waals surface area (Å²) in [6.07, 6.45) is -5.35. The molecule has 2 saturated heterocycles. The lowest BCUT2D eigenvalue weighted by molar-refractivity contribution is -0.192. The van der Waals surface area contributed by atoms with Crippen LogP contribution in [-0.4, -0.2) is 61.4 Å². The van der Waals surface area contributed by atoms with Gasteiger partial charge in [-0.25, -0.2) is 18.4 Å². The van der Waals surface area contributed by atoms with Crippen molar-refractivity contribution in [1.82, 2.24) is 10.6 Å². The minimum absolute atomic E-state index is 0.120. The van der Waals surface area contributed by atoms with Crippen LogP contribution in [0.3, 0.4) is 0 Å². The third kappa shape index (κ3) is 6.77. The van der Waals surface area contributed by atoms with Gasteiger partial charge in [-0.15, -0.1) is 0 Å². The number of nitrogens with one attached hydrogen (secondary N) is 2. The number of ether oxygens (including phenoxy) is 1. The molecule has 0 aromatic heterocycles. The molecule has 3 N–H and O–H groups in total. The van der Waals surface area contributed by atoms with Crippen molar-refractivity contribution in [3.8, 4) is 0 Å². The molecule has 172 valence electrons. The van der Waals surface area contributed by atoms with E-state index >= 15 is 0 Å². The number of carbonyl (C=O) groups excluding carboxylic acids is 2. The topological polar surface area (TPSA) is 108 Å². The van der Waals surface area contributed by atoms with E-state index < -0.39 is 36.4 Å². The summed E-state index contributed by atoms with van der Waals surface area (Å²) in [5, 5.41) is 12.3. The molecule has 0 radical (unpaired) electrons. The number of aliphatic carboxylic acids is 1. The average Bonchev–Trinajstić information content (AvgIpc) is 3.12. The van der Waals surface area contributed by atoms with Gasteiger partial charge in [0.2, 0.25) is 5.91 Å². The highest BCUT2D eigenvalue weighted by atomic mass is 19.4. The number of anilines is 1. The Hall–Kier alpha value is -2.96. The highest BCUT2D eigenvalue weighted by molar-refractivity contribution is 5.89. The molecule has 0 saturated carbocycles. The van der Waals surface area contributed by atoms with Crippen LogP contribution in [0.15, 0.2) is 24.3 Å². The number of amides is 2. The Morgan fingerprint density at radius 3 is 2.35 bits per heavy atom. The summed E-state index contributed by atoms with van der Waals surface area (Å²) >= 11 is 0. The van der Waals surface area contributed by atoms with Crippen molar-refractivity contribution in [2.75, 3.05) is 31.1 Å². The molecular formula is C18H20F5N3O5. The number of rotatable bonds is 4. The van der Waals surface area contributed by atoms with Crippen LogP contribution >= 0.6 is 0 Å². The summed E-state index contributed by atoms with van der Waals surface area (Å²) in [5.74, 6) is -7.71. The number of hydrogen-bond donors (Lipinski definition) is 3. The highest BCUT2D eigenvalue weighted by Gasteiger charge is 2.45. The van der Waals surface area contributed by atoms with Gasteiger partial charge in [-0.3, -0.25) is 9.69 Å². The molecule has 0 bridgehead atoms. The van der Waals surface area contributed by atoms with Gasteiger partial charge in [0.15, 0.2) is 0 Å². The van der Waals surface area contributed by atoms with E-state index in [2.05, 4.69) is 10.6 Å². The molecule has 2 fully saturated rings. The lowest BCUT2D eigenvalue weighted by Crippen LogP contribution is -2.52. The minimum Gasteiger partial charge on any atom is -0.475 e. The van der Waals surface area contributed by atoms with Gasteiger partial charge in [0.1, 0.15) is 12.5 Å². The zero-order valence-corrected chi connectivity index (χ0v) is 16.0. The molecule has 1 unspecified atom stereocenters. The van der Waals surface area contributed by atoms with Gasteiger partial charge in [0.05, 0.1) is 13.1 Å². The fourth-order valence-corrected chi connectivity index (χ4v) is 2.89. The van der Waals surface area contributed by atoms with Gasteiger partial charge < -0.3 is 20.5 Å². The zero-order chi connectivity index (χ0) is 23.2. The maximum absolute atomic E-state index is 13.7. The molecule has 0 aliphatic carbocycles. The number of cyclic esters (lactones) is 1. The van der Waals surface area contributed by atoms with Crippen LogP contribution in [0, 0.1) is 5.92 Å². The standard InChI is InChI=1S/C16H19F2N3O3.C2HF3O2/c17-16(18)10-19-6-5-13(16)14(22)20-9-11-1-3-12(4-2-11)21-7-8-24-15(21)23;3-2(4,5)1(6)7/h1-4,13,19H,5-10H2,(H,20,22);(H,6,7). The second-order valence-electron chi connectivity index (χ2n) is 6.73. The molecule has 8 nitrogen and oxygen atoms in total. The van der Waals surface area contributed by atoms with E-state index in [-0.39, 0.29) is 19.1 Å². The Kier molecular flexibility index (Phi) is 7.76. The molecule has 3 rings (SSSR count). The van der Waals surface area contributed by atoms with Crippen molar-refractivity contribution in [2.45, 2.75) is 25.1 Å². The number of halogens is 5. The predicted octanol–water partition coefficient (Wildman–Crippen LogP) is 2.14. The van der Waals surface area contributed by atoms with E-state index in [0.717, 1.165) is 5.56 Å². The van der Waals surface area contributed by atoms with E-state index in [4.69, 9.17) is 14.6 Å². The summed E-state index contributed by atoms with van der Waals surface area (Å²) in [5.41, 5.74) is 1.48. The molecule has 13 heteroatoms. The maximum atomic E-state index is 13.7. The number of carboxylic acid groups (broad SMARTS) is 1. The van der Waals surface area contributed by atoms with Crippen molar-refractivity contribution < 1.29 is 46.2 Å². The smallest absolute Gasteiger partial charge is 0.475 e. The molecule has 31 heavy (non-hydrogen) atoms. The fraction of sp³-hybridized carbons (Fsp3) is 0.500. The molecule has 0 spiro atoms. The lowest BCUT2D eigenvalue weighted by atomic mass is 9.93. The third-order valence-electron chi connectivity index (χ3n) is 4.51. The molecule has 2 heterocycles. The van der Waals surface area contributed by atoms with Crippen LogP contribution in [-0.2, 0) is 20.9 Å². The van der Waals surface area contributed by atoms with E-state index in [9.17, 15) is 31.5 Å². The molecule has 2 aliphatic rings. The predicted molar refractivity (Wildman–Crippen MR) is 96.6 cm³/mol. The first-order chi connectivity index (χ1) is 14.4. The third-order valence-corrected chi connectivity index (χ3v) is 4.51. The first-order valence-corrected chi connectivity index (χ1v) is 9.11. The van der Waals surface area contributed by atoms with E-state index in [0.29, 0.717) is 25.4 Å². The van der Waals surface area contributed by atoms with Crippen molar-refractivity contribution in [2.24, 2.45) is 5.92 Å². The summed E-state index contributed by atoms with van der Waals surface area (Å²) in [7, 11) is 0. The maximum Gasteiger partial charge on any atom is 0.490 e. The number of hydrogen-bond acceptors (Lipinski definition) is 5. The SMILES string of the molecule is O=C(NCc1ccc(N2CCOC2=O)cc1)C1CCNCC1(F)F.O=C(O)C(F)(F)F. The lowest BCUT2D eigenvalue weighted by Gasteiger charge is -2.30. The Morgan fingerprint density at radius 1 is 1.26 bits per heavy atom. The first kappa shape index (κ1) is 24.3. The van der Waals surface area contributed by atoms with Crippen LogP contribution in [0.1, 0.15) is 12.0 Å². The van der Waals surface area contributed by atoms with Crippen molar-refractivity contribution in [3.63, 3.8) is 0 Å². The zero-order valence-electron chi connectivity index (χ0n) is 16.0. The Balaban J connectivity index is 0.000000423. The van der Waals surface area contributed by atoms with Crippen LogP contribution in [0.2, 0.25) is 0 Å². The normalized spacial score (nSPS) is 20.4. The monoisotopic (exact) mass is 453 g/mol. The first-order valence-electron chi connectivity index (χ1n) is 9.11. The quantitative estimate of drug-likeness (QED) is 0.603. The van der Waals surface area contributed by atoms with Crippen LogP contribution in [0.4, 0.5) is 32.4 Å². The molecule has 1 aromatic rings. The van der Waals surface area contributed by atoms with Crippen LogP contribution in [0.5, 0.6) is 0 Å². The van der Waals surface area contributed by atoms with Crippen molar-refractivity contribution in [1.29, 1.82) is 0 Å². The number of carboxylic acids is 1. The summed E-state index contributed by atoms with van der Waals surface area (Å²) < 4.78 is 64.1. The highest BCUT2D eigenvalue weighted by Crippen LogP contribution is 2.29. The number of carbonyl (C=O) groups is 3. The van der Waals surface area contributed by atoms with Gasteiger partial charge in [-0.05, 0) is 30.7 Å². The molecule has 2 aliphatic heterocycles. The van der Waals surface area contributed by atoms with Gasteiger partial charge in [-0.1, -0.05) is 12.1 Å². The number of alkyl halides is 5. The molecule has 1 aromatic carbocycles. The number of nitrogens with zero attached hydrogens (tertiary/aromatic N) is 1. The molecule has 1 atom stereocenters. The largest absolute Gasteiger partial charge is 0.490 e. The van der Waals surface area contributed by atoms with Crippen LogP contribution in [0.25, 0.3) is 0 Å². The minimum atomic E-state index is -5.08.